The molecule has 0 N–H and O–H groups in total. The summed E-state index contributed by atoms with van der Waals surface area (Å²) in [6.45, 7) is 5.11. The Hall–Kier alpha value is -3.27. The van der Waals surface area contributed by atoms with E-state index in [4.69, 9.17) is 0 Å². The number of allylic oxidation sites excluding steroid dienone is 10. The van der Waals surface area contributed by atoms with Gasteiger partial charge in [0.1, 0.15) is 0 Å². The van der Waals surface area contributed by atoms with Gasteiger partial charge in [-0.1, -0.05) is 133 Å². The molecule has 8 rings (SSSR count). The third-order valence-electron chi connectivity index (χ3n) is 9.15. The number of fused-ring (bicyclic) bond motifs is 6. The fourth-order valence-electron chi connectivity index (χ4n) is 7.32. The summed E-state index contributed by atoms with van der Waals surface area (Å²) in [5.74, 6) is 0.565. The van der Waals surface area contributed by atoms with E-state index < -0.39 is 8.07 Å². The van der Waals surface area contributed by atoms with Crippen molar-refractivity contribution in [2.45, 2.75) is 24.9 Å². The number of benzene rings is 4. The molecule has 196 valence electrons. The predicted molar refractivity (Wildman–Crippen MR) is 174 cm³/mol. The van der Waals surface area contributed by atoms with Gasteiger partial charge in [0.2, 0.25) is 0 Å². The van der Waals surface area contributed by atoms with E-state index >= 15 is 0 Å². The Bertz CT molecular complexity index is 1760. The molecule has 4 aromatic rings. The Balaban J connectivity index is 0.00000165. The average molecular weight is 553 g/mol. The van der Waals surface area contributed by atoms with Crippen LogP contribution in [0.3, 0.4) is 0 Å². The van der Waals surface area contributed by atoms with Crippen molar-refractivity contribution in [3.8, 4) is 22.3 Å². The standard InChI is InChI=1S/C40H30Si.2Li/c1-41(2,39-33(27-13-5-3-6-14-27)21-23-35-31-19-11-9-17-29(31)25-37(35)39)40-34(28-15-7-4-8-16-28)22-24-36-32-20-12-10-18-30(32)26-38(36)40;;/h3-24,31-32H,1-2H3;;/q-2;2*+1. The molecule has 2 atom stereocenters. The number of rotatable bonds is 4. The zero-order valence-electron chi connectivity index (χ0n) is 25.4. The predicted octanol–water partition coefficient (Wildman–Crippen LogP) is 2.45. The first kappa shape index (κ1) is 29.8. The van der Waals surface area contributed by atoms with E-state index in [0.29, 0.717) is 0 Å². The summed E-state index contributed by atoms with van der Waals surface area (Å²) in [6, 6.07) is 31.4. The summed E-state index contributed by atoms with van der Waals surface area (Å²) in [7, 11) is -2.40. The molecule has 0 radical (unpaired) electrons. The van der Waals surface area contributed by atoms with E-state index in [0.717, 1.165) is 0 Å². The van der Waals surface area contributed by atoms with Crippen molar-refractivity contribution in [1.82, 2.24) is 0 Å². The Morgan fingerprint density at radius 2 is 0.930 bits per heavy atom. The van der Waals surface area contributed by atoms with Gasteiger partial charge in [-0.25, -0.2) is 0 Å². The molecule has 3 heteroatoms. The summed E-state index contributed by atoms with van der Waals surface area (Å²) >= 11 is 0. The molecule has 4 aliphatic carbocycles. The van der Waals surface area contributed by atoms with E-state index in [1.54, 1.807) is 0 Å². The Morgan fingerprint density at radius 1 is 0.512 bits per heavy atom. The summed E-state index contributed by atoms with van der Waals surface area (Å²) < 4.78 is 0. The van der Waals surface area contributed by atoms with Crippen molar-refractivity contribution < 1.29 is 37.7 Å². The van der Waals surface area contributed by atoms with Crippen LogP contribution in [0.25, 0.3) is 22.3 Å². The minimum atomic E-state index is -2.40. The minimum Gasteiger partial charge on any atom is -0.144 e. The van der Waals surface area contributed by atoms with Crippen LogP contribution in [0.2, 0.25) is 13.1 Å². The topological polar surface area (TPSA) is 0 Å². The van der Waals surface area contributed by atoms with Gasteiger partial charge in [0, 0.05) is 8.07 Å². The maximum Gasteiger partial charge on any atom is 1.00 e. The first-order valence-electron chi connectivity index (χ1n) is 14.5. The second-order valence-corrected chi connectivity index (χ2v) is 16.1. The van der Waals surface area contributed by atoms with Crippen LogP contribution in [0.1, 0.15) is 34.1 Å². The van der Waals surface area contributed by atoms with Gasteiger partial charge in [-0.3, -0.25) is 0 Å². The van der Waals surface area contributed by atoms with Crippen molar-refractivity contribution in [2.75, 3.05) is 0 Å². The molecule has 0 aliphatic heterocycles. The largest absolute Gasteiger partial charge is 1.00 e. The summed E-state index contributed by atoms with van der Waals surface area (Å²) in [4.78, 5) is 0. The molecule has 0 saturated heterocycles. The molecule has 0 fully saturated rings. The molecule has 4 aliphatic rings. The van der Waals surface area contributed by atoms with E-state index in [2.05, 4.69) is 159 Å². The van der Waals surface area contributed by atoms with Crippen molar-refractivity contribution in [1.29, 1.82) is 0 Å². The molecular formula is C40H30Li2Si. The molecular weight excluding hydrogens is 522 g/mol. The van der Waals surface area contributed by atoms with Crippen LogP contribution in [0.5, 0.6) is 0 Å². The second kappa shape index (κ2) is 11.7. The van der Waals surface area contributed by atoms with E-state index in [1.165, 1.54) is 66.0 Å². The zero-order valence-corrected chi connectivity index (χ0v) is 26.4. The summed E-state index contributed by atoms with van der Waals surface area (Å²) in [6.07, 6.45) is 25.6. The quantitative estimate of drug-likeness (QED) is 0.270. The van der Waals surface area contributed by atoms with Gasteiger partial charge in [0.25, 0.3) is 0 Å². The van der Waals surface area contributed by atoms with Crippen molar-refractivity contribution in [2.24, 2.45) is 0 Å². The molecule has 0 aromatic heterocycles. The van der Waals surface area contributed by atoms with Crippen LogP contribution >= 0.6 is 0 Å². The Morgan fingerprint density at radius 3 is 1.35 bits per heavy atom. The zero-order chi connectivity index (χ0) is 27.6. The van der Waals surface area contributed by atoms with Crippen molar-refractivity contribution in [3.05, 3.63) is 179 Å². The maximum absolute atomic E-state index is 3.93. The molecule has 43 heavy (non-hydrogen) atoms. The van der Waals surface area contributed by atoms with Gasteiger partial charge in [-0.15, -0.1) is 80.2 Å². The fourth-order valence-corrected chi connectivity index (χ4v) is 11.0. The third kappa shape index (κ3) is 4.76. The monoisotopic (exact) mass is 552 g/mol. The van der Waals surface area contributed by atoms with E-state index in [1.807, 2.05) is 0 Å². The molecule has 0 spiro atoms. The first-order chi connectivity index (χ1) is 20.1. The van der Waals surface area contributed by atoms with Crippen LogP contribution in [-0.2, 0) is 0 Å². The van der Waals surface area contributed by atoms with Crippen LogP contribution in [0.4, 0.5) is 0 Å². The molecule has 0 bridgehead atoms. The molecule has 0 heterocycles. The van der Waals surface area contributed by atoms with Gasteiger partial charge in [-0.05, 0) is 23.0 Å². The SMILES string of the molecule is C[Si](C)(c1c(-c2ccccc2)ccc2c1[C-]=C1C=CC=CC12)c1c(-c2ccccc2)ccc2c1[C-]=C1C=CC=CC12.[Li+].[Li+]. The average Bonchev–Trinajstić information content (AvgIpc) is 3.59. The third-order valence-corrected chi connectivity index (χ3v) is 12.7. The van der Waals surface area contributed by atoms with Gasteiger partial charge in [0.15, 0.2) is 0 Å². The number of hydrogen-bond donors (Lipinski definition) is 0. The summed E-state index contributed by atoms with van der Waals surface area (Å²) in [5, 5.41) is 2.95. The second-order valence-electron chi connectivity index (χ2n) is 11.9. The van der Waals surface area contributed by atoms with E-state index in [9.17, 15) is 0 Å². The molecule has 0 amide bonds. The molecule has 0 saturated carbocycles. The van der Waals surface area contributed by atoms with Crippen molar-refractivity contribution >= 4 is 18.4 Å². The number of hydrogen-bond acceptors (Lipinski definition) is 0. The van der Waals surface area contributed by atoms with Gasteiger partial charge in [-0.2, -0.15) is 0 Å². The molecule has 4 aromatic carbocycles. The first-order valence-corrected chi connectivity index (χ1v) is 17.5. The van der Waals surface area contributed by atoms with Gasteiger partial charge >= 0.3 is 37.7 Å². The van der Waals surface area contributed by atoms with Gasteiger partial charge in [0.05, 0.1) is 0 Å². The smallest absolute Gasteiger partial charge is 0.144 e. The Labute approximate surface area is 280 Å². The molecule has 0 nitrogen and oxygen atoms in total. The van der Waals surface area contributed by atoms with Crippen LogP contribution in [0, 0.1) is 12.2 Å². The maximum atomic E-state index is 3.93. The minimum absolute atomic E-state index is 0. The van der Waals surface area contributed by atoms with E-state index in [-0.39, 0.29) is 49.6 Å². The molecule has 2 unspecified atom stereocenters. The normalized spacial score (nSPS) is 18.5. The van der Waals surface area contributed by atoms with Crippen LogP contribution < -0.4 is 48.1 Å². The van der Waals surface area contributed by atoms with Crippen LogP contribution in [0.15, 0.2) is 145 Å². The Kier molecular flexibility index (Phi) is 8.09. The summed E-state index contributed by atoms with van der Waals surface area (Å²) in [5.41, 5.74) is 13.1. The van der Waals surface area contributed by atoms with Crippen molar-refractivity contribution in [3.63, 3.8) is 0 Å². The fraction of sp³-hybridized carbons (Fsp3) is 0.100. The van der Waals surface area contributed by atoms with Gasteiger partial charge < -0.3 is 0 Å². The van der Waals surface area contributed by atoms with Crippen LogP contribution in [-0.4, -0.2) is 8.07 Å².